The first-order chi connectivity index (χ1) is 19.7. The number of likely N-dealkylation sites (tertiary alicyclic amines) is 1. The second kappa shape index (κ2) is 10.1. The fourth-order valence-electron chi connectivity index (χ4n) is 6.75. The van der Waals surface area contributed by atoms with Gasteiger partial charge in [-0.15, -0.1) is 0 Å². The summed E-state index contributed by atoms with van der Waals surface area (Å²) in [6.07, 6.45) is -13.5. The van der Waals surface area contributed by atoms with Crippen LogP contribution in [0.15, 0.2) is 47.4 Å². The molecule has 2 aromatic rings. The second-order valence-corrected chi connectivity index (χ2v) is 15.7. The van der Waals surface area contributed by atoms with Crippen molar-refractivity contribution in [2.24, 2.45) is 5.92 Å². The average Bonchev–Trinajstić information content (AvgIpc) is 3.47. The molecule has 1 amide bonds. The summed E-state index contributed by atoms with van der Waals surface area (Å²) in [5.74, 6) is -2.12. The molecule has 0 aromatic heterocycles. The van der Waals surface area contributed by atoms with Crippen molar-refractivity contribution < 1.29 is 56.8 Å². The quantitative estimate of drug-likeness (QED) is 0.327. The van der Waals surface area contributed by atoms with Crippen LogP contribution in [-0.4, -0.2) is 64.1 Å². The van der Waals surface area contributed by atoms with E-state index in [1.165, 1.54) is 4.90 Å². The lowest BCUT2D eigenvalue weighted by Crippen LogP contribution is -2.53. The van der Waals surface area contributed by atoms with Crippen LogP contribution in [0.3, 0.4) is 0 Å². The smallest absolute Gasteiger partial charge is 0.338 e. The summed E-state index contributed by atoms with van der Waals surface area (Å²) < 4.78 is 160. The molecule has 0 saturated carbocycles. The number of carbonyl (C=O) groups is 1. The highest BCUT2D eigenvalue weighted by atomic mass is 32.2. The van der Waals surface area contributed by atoms with Crippen molar-refractivity contribution in [2.75, 3.05) is 18.1 Å². The molecule has 0 radical (unpaired) electrons. The van der Waals surface area contributed by atoms with E-state index in [4.69, 9.17) is 0 Å². The fourth-order valence-corrected chi connectivity index (χ4v) is 11.0. The number of alkyl halides is 7. The number of benzene rings is 2. The number of carbonyl (C=O) groups excluding carboxylic acids is 1. The molecule has 3 aliphatic rings. The molecule has 236 valence electrons. The van der Waals surface area contributed by atoms with E-state index >= 15 is 0 Å². The Hall–Kier alpha value is -2.75. The van der Waals surface area contributed by atoms with Gasteiger partial charge in [0.1, 0.15) is 10.6 Å². The van der Waals surface area contributed by atoms with Gasteiger partial charge in [-0.25, -0.2) is 25.6 Å². The van der Waals surface area contributed by atoms with Crippen molar-refractivity contribution in [2.45, 2.75) is 65.8 Å². The van der Waals surface area contributed by atoms with Crippen LogP contribution >= 0.6 is 0 Å². The number of aryl methyl sites for hydroxylation is 1. The van der Waals surface area contributed by atoms with Crippen molar-refractivity contribution in [1.29, 1.82) is 0 Å². The van der Waals surface area contributed by atoms with Crippen LogP contribution in [0.1, 0.15) is 42.4 Å². The Labute approximate surface area is 241 Å². The average molecular weight is 660 g/mol. The summed E-state index contributed by atoms with van der Waals surface area (Å²) in [6, 6.07) is 3.91. The van der Waals surface area contributed by atoms with Crippen LogP contribution in [0.4, 0.5) is 35.1 Å². The third-order valence-corrected chi connectivity index (χ3v) is 13.2. The first kappa shape index (κ1) is 31.7. The molecule has 5 rings (SSSR count). The lowest BCUT2D eigenvalue weighted by molar-refractivity contribution is -0.348. The van der Waals surface area contributed by atoms with Gasteiger partial charge in [-0.1, -0.05) is 18.2 Å². The van der Waals surface area contributed by atoms with E-state index in [-0.39, 0.29) is 67.3 Å². The summed E-state index contributed by atoms with van der Waals surface area (Å²) in [4.78, 5) is 14.3. The third-order valence-electron chi connectivity index (χ3n) is 8.78. The van der Waals surface area contributed by atoms with Gasteiger partial charge in [0.05, 0.1) is 22.4 Å². The largest absolute Gasteiger partial charge is 0.435 e. The molecule has 0 spiro atoms. The minimum Gasteiger partial charge on any atom is -0.338 e. The van der Waals surface area contributed by atoms with Crippen LogP contribution in [0.25, 0.3) is 0 Å². The Balaban J connectivity index is 1.63. The number of hydrogen-bond donors (Lipinski definition) is 0. The van der Waals surface area contributed by atoms with Crippen molar-refractivity contribution in [3.8, 4) is 0 Å². The van der Waals surface area contributed by atoms with E-state index in [2.05, 4.69) is 0 Å². The van der Waals surface area contributed by atoms with Crippen LogP contribution in [0.5, 0.6) is 0 Å². The molecule has 2 aliphatic heterocycles. The normalized spacial score (nSPS) is 25.8. The number of halogens is 8. The van der Waals surface area contributed by atoms with Gasteiger partial charge < -0.3 is 4.90 Å². The topological polar surface area (TPSA) is 88.6 Å². The van der Waals surface area contributed by atoms with Crippen LogP contribution < -0.4 is 0 Å². The van der Waals surface area contributed by atoms with Gasteiger partial charge >= 0.3 is 18.0 Å². The molecule has 0 bridgehead atoms. The number of nitrogens with zero attached hydrogens (tertiary/aromatic N) is 1. The van der Waals surface area contributed by atoms with E-state index in [9.17, 15) is 56.8 Å². The van der Waals surface area contributed by atoms with Gasteiger partial charge in [0.15, 0.2) is 19.7 Å². The van der Waals surface area contributed by atoms with E-state index < -0.39 is 76.6 Å². The SMILES string of the molecule is O=C(CC1CCS(=O)(=O)C1)N1CC[C@]2(S(=O)(=O)c3ccc(F)cc3)c3ccc(C(F)(C(F)(F)F)C(F)(F)F)cc3CC[C@H]12. The number of rotatable bonds is 5. The maximum absolute atomic E-state index is 14.9. The zero-order valence-electron chi connectivity index (χ0n) is 22.2. The zero-order valence-corrected chi connectivity index (χ0v) is 23.8. The van der Waals surface area contributed by atoms with Gasteiger partial charge in [0, 0.05) is 18.5 Å². The summed E-state index contributed by atoms with van der Waals surface area (Å²) in [6.45, 7) is -0.164. The van der Waals surface area contributed by atoms with Crippen LogP contribution in [0.2, 0.25) is 0 Å². The fraction of sp³-hybridized carbons (Fsp3) is 0.519. The van der Waals surface area contributed by atoms with Gasteiger partial charge in [-0.3, -0.25) is 4.79 Å². The second-order valence-electron chi connectivity index (χ2n) is 11.2. The molecule has 2 heterocycles. The van der Waals surface area contributed by atoms with Gasteiger partial charge in [0.2, 0.25) is 5.91 Å². The highest BCUT2D eigenvalue weighted by Crippen LogP contribution is 2.56. The van der Waals surface area contributed by atoms with Gasteiger partial charge in [0.25, 0.3) is 0 Å². The maximum atomic E-state index is 14.9. The first-order valence-electron chi connectivity index (χ1n) is 13.2. The molecular weight excluding hydrogens is 634 g/mol. The maximum Gasteiger partial charge on any atom is 0.435 e. The van der Waals surface area contributed by atoms with Crippen molar-refractivity contribution in [3.63, 3.8) is 0 Å². The van der Waals surface area contributed by atoms with Crippen LogP contribution in [0, 0.1) is 11.7 Å². The highest BCUT2D eigenvalue weighted by Gasteiger charge is 2.74. The predicted octanol–water partition coefficient (Wildman–Crippen LogP) is 5.16. The number of sulfone groups is 2. The standard InChI is InChI=1S/C27H25F8NO5S2/c28-19-3-5-20(6-4-19)43(40,41)24-10-11-36(23(37)13-16-9-12-42(38,39)15-16)22(24)8-1-17-14-18(2-7-21(17)24)25(29,26(30,31)32)27(33,34)35/h2-7,14,16,22H,1,8-13,15H2/t16?,22-,24-/m0/s1. The van der Waals surface area contributed by atoms with Crippen molar-refractivity contribution in [1.82, 2.24) is 4.90 Å². The molecule has 1 aliphatic carbocycles. The molecule has 2 fully saturated rings. The third kappa shape index (κ3) is 4.92. The Bertz CT molecular complexity index is 1640. The molecular formula is C27H25F8NO5S2. The van der Waals surface area contributed by atoms with E-state index in [0.717, 1.165) is 30.3 Å². The Morgan fingerprint density at radius 3 is 2.14 bits per heavy atom. The van der Waals surface area contributed by atoms with Gasteiger partial charge in [-0.05, 0) is 67.0 Å². The summed E-state index contributed by atoms with van der Waals surface area (Å²) >= 11 is 0. The number of fused-ring (bicyclic) bond motifs is 3. The molecule has 16 heteroatoms. The van der Waals surface area contributed by atoms with E-state index in [0.29, 0.717) is 6.07 Å². The number of hydrogen-bond acceptors (Lipinski definition) is 5. The summed E-state index contributed by atoms with van der Waals surface area (Å²) in [7, 11) is -7.93. The highest BCUT2D eigenvalue weighted by molar-refractivity contribution is 7.92. The Kier molecular flexibility index (Phi) is 7.47. The van der Waals surface area contributed by atoms with Crippen molar-refractivity contribution >= 4 is 25.6 Å². The molecule has 6 nitrogen and oxygen atoms in total. The Morgan fingerprint density at radius 2 is 1.58 bits per heavy atom. The van der Waals surface area contributed by atoms with Crippen molar-refractivity contribution in [3.05, 3.63) is 65.0 Å². The molecule has 2 saturated heterocycles. The molecule has 1 unspecified atom stereocenters. The Morgan fingerprint density at radius 1 is 0.953 bits per heavy atom. The van der Waals surface area contributed by atoms with Gasteiger partial charge in [-0.2, -0.15) is 26.3 Å². The molecule has 43 heavy (non-hydrogen) atoms. The number of amides is 1. The van der Waals surface area contributed by atoms with Crippen LogP contribution in [-0.2, 0) is 41.3 Å². The zero-order chi connectivity index (χ0) is 31.8. The molecule has 2 aromatic carbocycles. The molecule has 3 atom stereocenters. The monoisotopic (exact) mass is 659 g/mol. The van der Waals surface area contributed by atoms with E-state index in [1.807, 2.05) is 0 Å². The van der Waals surface area contributed by atoms with E-state index in [1.54, 1.807) is 0 Å². The lowest BCUT2D eigenvalue weighted by Gasteiger charge is -2.43. The summed E-state index contributed by atoms with van der Waals surface area (Å²) in [5.41, 5.74) is -7.92. The lowest BCUT2D eigenvalue weighted by atomic mass is 9.76. The predicted molar refractivity (Wildman–Crippen MR) is 136 cm³/mol. The first-order valence-corrected chi connectivity index (χ1v) is 16.5. The minimum absolute atomic E-state index is 0.0983. The minimum atomic E-state index is -6.38. The molecule has 0 N–H and O–H groups in total. The summed E-state index contributed by atoms with van der Waals surface area (Å²) in [5, 5.41) is 0.